The van der Waals surface area contributed by atoms with Crippen molar-refractivity contribution in [3.8, 4) is 11.5 Å². The summed E-state index contributed by atoms with van der Waals surface area (Å²) in [7, 11) is 3.17. The van der Waals surface area contributed by atoms with Gasteiger partial charge >= 0.3 is 0 Å². The lowest BCUT2D eigenvalue weighted by molar-refractivity contribution is -0.130. The molecule has 6 nitrogen and oxygen atoms in total. The van der Waals surface area contributed by atoms with Crippen LogP contribution in [0.5, 0.6) is 11.5 Å². The number of carbonyl (C=O) groups is 2. The van der Waals surface area contributed by atoms with E-state index in [0.29, 0.717) is 24.6 Å². The molecule has 1 fully saturated rings. The van der Waals surface area contributed by atoms with Gasteiger partial charge in [-0.15, -0.1) is 0 Å². The SMILES string of the molecule is COc1ccc(OC)c(C2CN(C(=O)Cc3ccccc3)CC2C(=O)NCc2ccc(F)cc2)c1. The first-order valence-electron chi connectivity index (χ1n) is 11.5. The normalized spacial score (nSPS) is 17.2. The molecule has 2 unspecified atom stereocenters. The number of rotatable bonds is 8. The average Bonchev–Trinajstić information content (AvgIpc) is 3.34. The summed E-state index contributed by atoms with van der Waals surface area (Å²) in [5.41, 5.74) is 2.55. The molecule has 2 atom stereocenters. The number of benzene rings is 3. The number of nitrogens with zero attached hydrogens (tertiary/aromatic N) is 1. The molecule has 0 aromatic heterocycles. The molecule has 1 saturated heterocycles. The molecule has 0 spiro atoms. The fourth-order valence-corrected chi connectivity index (χ4v) is 4.52. The van der Waals surface area contributed by atoms with E-state index in [0.717, 1.165) is 16.7 Å². The molecule has 0 bridgehead atoms. The molecule has 0 aliphatic carbocycles. The topological polar surface area (TPSA) is 67.9 Å². The van der Waals surface area contributed by atoms with Crippen molar-refractivity contribution < 1.29 is 23.5 Å². The van der Waals surface area contributed by atoms with E-state index < -0.39 is 5.92 Å². The smallest absolute Gasteiger partial charge is 0.227 e. The van der Waals surface area contributed by atoms with Crippen LogP contribution in [0.3, 0.4) is 0 Å². The zero-order chi connectivity index (χ0) is 24.8. The van der Waals surface area contributed by atoms with E-state index >= 15 is 0 Å². The van der Waals surface area contributed by atoms with Crippen LogP contribution in [0, 0.1) is 11.7 Å². The first-order chi connectivity index (χ1) is 17.0. The van der Waals surface area contributed by atoms with E-state index in [-0.39, 0.29) is 36.5 Å². The summed E-state index contributed by atoms with van der Waals surface area (Å²) in [6.07, 6.45) is 0.271. The Morgan fingerprint density at radius 3 is 2.37 bits per heavy atom. The van der Waals surface area contributed by atoms with Crippen LogP contribution < -0.4 is 14.8 Å². The van der Waals surface area contributed by atoms with E-state index in [9.17, 15) is 14.0 Å². The van der Waals surface area contributed by atoms with Crippen molar-refractivity contribution in [2.24, 2.45) is 5.92 Å². The van der Waals surface area contributed by atoms with Gasteiger partial charge in [-0.2, -0.15) is 0 Å². The Bertz CT molecular complexity index is 1170. The average molecular weight is 477 g/mol. The number of halogens is 1. The van der Waals surface area contributed by atoms with Crippen LogP contribution in [0.2, 0.25) is 0 Å². The molecule has 1 aliphatic heterocycles. The third kappa shape index (κ3) is 5.80. The molecule has 3 aromatic carbocycles. The Labute approximate surface area is 204 Å². The van der Waals surface area contributed by atoms with Crippen molar-refractivity contribution >= 4 is 11.8 Å². The highest BCUT2D eigenvalue weighted by Crippen LogP contribution is 2.39. The van der Waals surface area contributed by atoms with Gasteiger partial charge < -0.3 is 19.7 Å². The maximum absolute atomic E-state index is 13.4. The number of hydrogen-bond donors (Lipinski definition) is 1. The van der Waals surface area contributed by atoms with Gasteiger partial charge in [0.1, 0.15) is 17.3 Å². The first-order valence-corrected chi connectivity index (χ1v) is 11.5. The number of nitrogens with one attached hydrogen (secondary N) is 1. The van der Waals surface area contributed by atoms with Crippen molar-refractivity contribution in [3.63, 3.8) is 0 Å². The fraction of sp³-hybridized carbons (Fsp3) is 0.286. The third-order valence-electron chi connectivity index (χ3n) is 6.42. The highest BCUT2D eigenvalue weighted by Gasteiger charge is 2.41. The molecule has 1 heterocycles. The van der Waals surface area contributed by atoms with Crippen molar-refractivity contribution in [3.05, 3.63) is 95.3 Å². The summed E-state index contributed by atoms with van der Waals surface area (Å²) in [6.45, 7) is 0.964. The van der Waals surface area contributed by atoms with E-state index in [1.165, 1.54) is 12.1 Å². The monoisotopic (exact) mass is 476 g/mol. The summed E-state index contributed by atoms with van der Waals surface area (Å²) >= 11 is 0. The van der Waals surface area contributed by atoms with Gasteiger partial charge in [0, 0.05) is 31.1 Å². The Balaban J connectivity index is 1.57. The van der Waals surface area contributed by atoms with Crippen LogP contribution in [-0.2, 0) is 22.6 Å². The minimum atomic E-state index is -0.476. The van der Waals surface area contributed by atoms with Crippen LogP contribution in [-0.4, -0.2) is 44.0 Å². The summed E-state index contributed by atoms with van der Waals surface area (Å²) in [4.78, 5) is 28.3. The van der Waals surface area contributed by atoms with Gasteiger partial charge in [-0.1, -0.05) is 42.5 Å². The van der Waals surface area contributed by atoms with Gasteiger partial charge in [-0.05, 0) is 41.5 Å². The maximum Gasteiger partial charge on any atom is 0.227 e. The number of likely N-dealkylation sites (tertiary alicyclic amines) is 1. The molecule has 7 heteroatoms. The molecular formula is C28H29FN2O4. The second-order valence-electron chi connectivity index (χ2n) is 8.63. The predicted octanol–water partition coefficient (Wildman–Crippen LogP) is 3.94. The minimum Gasteiger partial charge on any atom is -0.497 e. The molecule has 0 saturated carbocycles. The van der Waals surface area contributed by atoms with Gasteiger partial charge in [-0.25, -0.2) is 4.39 Å². The van der Waals surface area contributed by atoms with E-state index in [1.54, 1.807) is 37.3 Å². The molecule has 35 heavy (non-hydrogen) atoms. The van der Waals surface area contributed by atoms with Gasteiger partial charge in [0.25, 0.3) is 0 Å². The summed E-state index contributed by atoms with van der Waals surface area (Å²) in [5.74, 6) is 0.0266. The van der Waals surface area contributed by atoms with Crippen molar-refractivity contribution in [2.75, 3.05) is 27.3 Å². The number of hydrogen-bond acceptors (Lipinski definition) is 4. The minimum absolute atomic E-state index is 0.0307. The van der Waals surface area contributed by atoms with E-state index in [2.05, 4.69) is 5.32 Å². The van der Waals surface area contributed by atoms with Crippen LogP contribution in [0.15, 0.2) is 72.8 Å². The fourth-order valence-electron chi connectivity index (χ4n) is 4.52. The molecule has 0 radical (unpaired) electrons. The quantitative estimate of drug-likeness (QED) is 0.535. The molecule has 2 amide bonds. The molecular weight excluding hydrogens is 447 g/mol. The number of carbonyl (C=O) groups excluding carboxylic acids is 2. The van der Waals surface area contributed by atoms with Crippen LogP contribution in [0.1, 0.15) is 22.6 Å². The molecule has 1 aliphatic rings. The molecule has 4 rings (SSSR count). The Morgan fingerprint density at radius 2 is 1.69 bits per heavy atom. The lowest BCUT2D eigenvalue weighted by Crippen LogP contribution is -2.35. The van der Waals surface area contributed by atoms with Gasteiger partial charge in [0.05, 0.1) is 26.6 Å². The molecule has 3 aromatic rings. The van der Waals surface area contributed by atoms with E-state index in [4.69, 9.17) is 9.47 Å². The summed E-state index contributed by atoms with van der Waals surface area (Å²) in [6, 6.07) is 21.1. The van der Waals surface area contributed by atoms with Gasteiger partial charge in [-0.3, -0.25) is 9.59 Å². The molecule has 182 valence electrons. The first kappa shape index (κ1) is 24.3. The standard InChI is InChI=1S/C28H29FN2O4/c1-34-22-12-13-26(35-2)23(15-22)24-17-31(27(32)14-19-6-4-3-5-7-19)18-25(24)28(33)30-16-20-8-10-21(29)11-9-20/h3-13,15,24-25H,14,16-18H2,1-2H3,(H,30,33). The lowest BCUT2D eigenvalue weighted by atomic mass is 9.87. The number of amides is 2. The maximum atomic E-state index is 13.4. The van der Waals surface area contributed by atoms with Crippen molar-refractivity contribution in [1.82, 2.24) is 10.2 Å². The third-order valence-corrected chi connectivity index (χ3v) is 6.42. The Morgan fingerprint density at radius 1 is 0.943 bits per heavy atom. The summed E-state index contributed by atoms with van der Waals surface area (Å²) < 4.78 is 24.2. The number of methoxy groups -OCH3 is 2. The van der Waals surface area contributed by atoms with E-state index in [1.807, 2.05) is 42.5 Å². The van der Waals surface area contributed by atoms with Crippen molar-refractivity contribution in [2.45, 2.75) is 18.9 Å². The Hall–Kier alpha value is -3.87. The highest BCUT2D eigenvalue weighted by molar-refractivity contribution is 5.84. The van der Waals surface area contributed by atoms with Crippen LogP contribution >= 0.6 is 0 Å². The highest BCUT2D eigenvalue weighted by atomic mass is 19.1. The predicted molar refractivity (Wildman–Crippen MR) is 131 cm³/mol. The van der Waals surface area contributed by atoms with Crippen LogP contribution in [0.4, 0.5) is 4.39 Å². The second kappa shape index (κ2) is 11.0. The second-order valence-corrected chi connectivity index (χ2v) is 8.63. The largest absolute Gasteiger partial charge is 0.497 e. The number of ether oxygens (including phenoxy) is 2. The lowest BCUT2D eigenvalue weighted by Gasteiger charge is -2.21. The Kier molecular flexibility index (Phi) is 7.65. The van der Waals surface area contributed by atoms with Crippen LogP contribution in [0.25, 0.3) is 0 Å². The zero-order valence-electron chi connectivity index (χ0n) is 19.9. The molecule has 1 N–H and O–H groups in total. The zero-order valence-corrected chi connectivity index (χ0v) is 19.9. The summed E-state index contributed by atoms with van der Waals surface area (Å²) in [5, 5.41) is 2.96. The van der Waals surface area contributed by atoms with Crippen molar-refractivity contribution in [1.29, 1.82) is 0 Å². The van der Waals surface area contributed by atoms with Gasteiger partial charge in [0.15, 0.2) is 0 Å². The van der Waals surface area contributed by atoms with Gasteiger partial charge in [0.2, 0.25) is 11.8 Å².